The van der Waals surface area contributed by atoms with E-state index in [1.807, 2.05) is 0 Å². The van der Waals surface area contributed by atoms with E-state index in [9.17, 15) is 168 Å². The van der Waals surface area contributed by atoms with Gasteiger partial charge in [-0.3, -0.25) is 29.1 Å². The molecule has 0 saturated heterocycles. The largest absolute Gasteiger partial charge is 0.452 e. The zero-order valence-corrected chi connectivity index (χ0v) is 39.6. The minimum atomic E-state index is -8.24. The lowest BCUT2D eigenvalue weighted by Gasteiger charge is -2.40. The monoisotopic (exact) mass is 1330 g/mol. The third kappa shape index (κ3) is 14.1. The third-order valence-electron chi connectivity index (χ3n) is 11.0. The molecule has 0 fully saturated rings. The van der Waals surface area contributed by atoms with Gasteiger partial charge in [-0.2, -0.15) is 154 Å². The van der Waals surface area contributed by atoms with Crippen molar-refractivity contribution in [2.75, 3.05) is 14.7 Å². The summed E-state index contributed by atoms with van der Waals surface area (Å²) in [5.74, 6) is -34.0. The number of carbonyl (C=O) groups excluding carboxylic acids is 3. The zero-order chi connectivity index (χ0) is 67.5. The highest BCUT2D eigenvalue weighted by Crippen LogP contribution is 2.55. The Labute approximate surface area is 447 Å². The Hall–Kier alpha value is -7.30. The number of nitrogens with zero attached hydrogens (tertiary/aromatic N) is 3. The van der Waals surface area contributed by atoms with Crippen molar-refractivity contribution >= 4 is 34.8 Å². The van der Waals surface area contributed by atoms with Gasteiger partial charge in [0.05, 0.1) is 27.8 Å². The number of anilines is 3. The lowest BCUT2D eigenvalue weighted by Crippen LogP contribution is -2.67. The summed E-state index contributed by atoms with van der Waals surface area (Å²) in [5, 5.41) is 0. The fourth-order valence-electron chi connectivity index (χ4n) is 7.26. The van der Waals surface area contributed by atoms with Crippen molar-refractivity contribution in [1.82, 2.24) is 0 Å². The number of amides is 3. The van der Waals surface area contributed by atoms with E-state index in [1.165, 1.54) is 0 Å². The van der Waals surface area contributed by atoms with Gasteiger partial charge in [0.15, 0.2) is 0 Å². The fraction of sp³-hybridized carbons (Fsp3) is 0.372. The molecule has 86 heavy (non-hydrogen) atoms. The predicted molar refractivity (Wildman–Crippen MR) is 209 cm³/mol. The normalized spacial score (nSPS) is 14.4. The number of hydrogen-bond donors (Lipinski definition) is 0. The molecule has 0 aromatic heterocycles. The van der Waals surface area contributed by atoms with E-state index in [1.54, 1.807) is 0 Å². The highest BCUT2D eigenvalue weighted by molar-refractivity contribution is 6.15. The molecular formula is C43H16F37N3O3. The molecule has 6 nitrogen and oxygen atoms in total. The molecule has 0 heterocycles. The second-order valence-corrected chi connectivity index (χ2v) is 17.2. The lowest BCUT2D eigenvalue weighted by atomic mass is 9.97. The van der Waals surface area contributed by atoms with Crippen molar-refractivity contribution in [1.29, 1.82) is 0 Å². The third-order valence-corrected chi connectivity index (χ3v) is 11.0. The maximum Gasteiger partial charge on any atom is 0.452 e. The Morgan fingerprint density at radius 3 is 0.709 bits per heavy atom. The molecule has 4 rings (SSSR count). The molecule has 0 bridgehead atoms. The van der Waals surface area contributed by atoms with Gasteiger partial charge in [-0.15, -0.1) is 0 Å². The first-order valence-electron chi connectivity index (χ1n) is 20.9. The maximum atomic E-state index is 16.4. The molecular weight excluding hydrogens is 1310 g/mol. The molecule has 3 amide bonds. The molecule has 0 saturated carbocycles. The topological polar surface area (TPSA) is 60.9 Å². The number of hydrogen-bond acceptors (Lipinski definition) is 3. The van der Waals surface area contributed by atoms with E-state index in [0.29, 0.717) is 0 Å². The van der Waals surface area contributed by atoms with Gasteiger partial charge in [0.1, 0.15) is 0 Å². The first kappa shape index (κ1) is 71.2. The van der Waals surface area contributed by atoms with E-state index in [2.05, 4.69) is 0 Å². The van der Waals surface area contributed by atoms with Crippen LogP contribution in [-0.4, -0.2) is 72.4 Å². The molecule has 4 aromatic carbocycles. The summed E-state index contributed by atoms with van der Waals surface area (Å²) in [5.41, 5.74) is -38.7. The van der Waals surface area contributed by atoms with Gasteiger partial charge in [0, 0.05) is 46.2 Å². The molecule has 0 unspecified atom stereocenters. The van der Waals surface area contributed by atoms with Gasteiger partial charge in [0.2, 0.25) is 6.04 Å². The van der Waals surface area contributed by atoms with Crippen LogP contribution in [0.2, 0.25) is 0 Å². The SMILES string of the molecule is CC(F)(F)c1cc(N(C(=O)c2cc(C(=O)N(c3cc(C(F)(F)F)cc(C(F)(F)F)c3)C(C(F)(F)F)C(F)(F)F)cc(C(=O)N(c3cc(C(F)(F)F)cc(C(F)(F)F)c3)C(F)(C(F)(F)F)C(F)(F)F)c2)C(F)(C(F)(F)F)C(F)(F)F)cc(C(F)(F)F)c1. The predicted octanol–water partition coefficient (Wildman–Crippen LogP) is 17.9. The highest BCUT2D eigenvalue weighted by atomic mass is 19.5. The van der Waals surface area contributed by atoms with Crippen LogP contribution in [0.4, 0.5) is 180 Å². The molecule has 43 heteroatoms. The Kier molecular flexibility index (Phi) is 17.8. The van der Waals surface area contributed by atoms with Crippen LogP contribution >= 0.6 is 0 Å². The number of alkyl halides is 37. The van der Waals surface area contributed by atoms with Crippen molar-refractivity contribution in [3.05, 3.63) is 123 Å². The summed E-state index contributed by atoms with van der Waals surface area (Å²) < 4.78 is 535. The number of carbonyl (C=O) groups is 3. The molecule has 0 radical (unpaired) electrons. The summed E-state index contributed by atoms with van der Waals surface area (Å²) in [6.45, 7) is -0.606. The Morgan fingerprint density at radius 2 is 0.500 bits per heavy atom. The minimum absolute atomic E-state index is 0.606. The molecule has 4 aromatic rings. The van der Waals surface area contributed by atoms with E-state index in [0.717, 1.165) is 0 Å². The number of halogens is 37. The molecule has 0 aliphatic carbocycles. The van der Waals surface area contributed by atoms with Crippen molar-refractivity contribution in [3.8, 4) is 0 Å². The van der Waals surface area contributed by atoms with Crippen LogP contribution in [0.15, 0.2) is 72.8 Å². The summed E-state index contributed by atoms with van der Waals surface area (Å²) in [6, 6.07) is -22.5. The van der Waals surface area contributed by atoms with Crippen molar-refractivity contribution in [2.45, 2.75) is 98.4 Å². The summed E-state index contributed by atoms with van der Waals surface area (Å²) in [7, 11) is 0. The van der Waals surface area contributed by atoms with Gasteiger partial charge in [-0.25, -0.2) is 8.78 Å². The Morgan fingerprint density at radius 1 is 0.291 bits per heavy atom. The molecule has 480 valence electrons. The average Bonchev–Trinajstić information content (AvgIpc) is 0.762. The van der Waals surface area contributed by atoms with Crippen LogP contribution in [0.5, 0.6) is 0 Å². The van der Waals surface area contributed by atoms with Gasteiger partial charge >= 0.3 is 79.5 Å². The van der Waals surface area contributed by atoms with Crippen molar-refractivity contribution < 1.29 is 177 Å². The number of rotatable bonds is 10. The molecule has 0 N–H and O–H groups in total. The van der Waals surface area contributed by atoms with E-state index in [4.69, 9.17) is 0 Å². The van der Waals surface area contributed by atoms with Gasteiger partial charge < -0.3 is 0 Å². The molecule has 0 aliphatic rings. The highest BCUT2D eigenvalue weighted by Gasteiger charge is 2.79. The van der Waals surface area contributed by atoms with Crippen LogP contribution in [0.1, 0.15) is 71.4 Å². The van der Waals surface area contributed by atoms with Crippen molar-refractivity contribution in [3.63, 3.8) is 0 Å². The standard InChI is InChI=1S/C43H16F37N3O3/c1-30(44,45)17-5-18(31(46,47)48)11-24(8-17)82(38(67,40(69,70)71)41(72,73)74)27(85)15-2-14(26(84)81(29(36(61,62)63)37(64,65)66)23-9-19(32(49,50)51)6-20(10-23)33(52,53)54)3-16(4-15)28(86)83(39(68,42(75,76)77)43(78,79)80)25-12-21(34(55,56)57)7-22(13-25)35(58,59)60/h2-13,29H,1H3. The molecule has 0 aliphatic heterocycles. The Bertz CT molecular complexity index is 2920. The van der Waals surface area contributed by atoms with E-state index < -0.39 is 271 Å². The fourth-order valence-corrected chi connectivity index (χ4v) is 7.26. The maximum absolute atomic E-state index is 16.4. The van der Waals surface area contributed by atoms with Crippen LogP contribution in [0, 0.1) is 0 Å². The van der Waals surface area contributed by atoms with Crippen LogP contribution in [0.25, 0.3) is 0 Å². The zero-order valence-electron chi connectivity index (χ0n) is 39.6. The summed E-state index contributed by atoms with van der Waals surface area (Å²) in [4.78, 5) is 34.2. The molecule has 0 atom stereocenters. The summed E-state index contributed by atoms with van der Waals surface area (Å²) >= 11 is 0. The van der Waals surface area contributed by atoms with Crippen LogP contribution in [-0.2, 0) is 36.8 Å². The lowest BCUT2D eigenvalue weighted by molar-refractivity contribution is -0.338. The van der Waals surface area contributed by atoms with Gasteiger partial charge in [-0.1, -0.05) is 0 Å². The van der Waals surface area contributed by atoms with Crippen LogP contribution in [0.3, 0.4) is 0 Å². The minimum Gasteiger partial charge on any atom is -0.288 e. The van der Waals surface area contributed by atoms with Gasteiger partial charge in [-0.05, 0) is 72.8 Å². The quantitative estimate of drug-likeness (QED) is 0.117. The molecule has 0 spiro atoms. The van der Waals surface area contributed by atoms with Crippen molar-refractivity contribution in [2.24, 2.45) is 0 Å². The van der Waals surface area contributed by atoms with E-state index in [-0.39, 0.29) is 0 Å². The smallest absolute Gasteiger partial charge is 0.288 e. The Balaban J connectivity index is 2.54. The number of benzene rings is 4. The van der Waals surface area contributed by atoms with Crippen LogP contribution < -0.4 is 14.7 Å². The first-order valence-corrected chi connectivity index (χ1v) is 20.9. The van der Waals surface area contributed by atoms with E-state index >= 15 is 8.78 Å². The van der Waals surface area contributed by atoms with Gasteiger partial charge in [0.25, 0.3) is 23.6 Å². The second-order valence-electron chi connectivity index (χ2n) is 17.2. The first-order chi connectivity index (χ1) is 37.8. The average molecular weight is 1330 g/mol. The summed E-state index contributed by atoms with van der Waals surface area (Å²) in [6.07, 6.45) is -80.7. The second kappa shape index (κ2) is 21.5.